The van der Waals surface area contributed by atoms with Crippen molar-refractivity contribution in [2.24, 2.45) is 0 Å². The second-order valence-corrected chi connectivity index (χ2v) is 6.02. The van der Waals surface area contributed by atoms with Crippen molar-refractivity contribution in [1.82, 2.24) is 0 Å². The summed E-state index contributed by atoms with van der Waals surface area (Å²) in [4.78, 5) is 25.3. The fraction of sp³-hybridized carbons (Fsp3) is 0.111. The first-order valence-corrected chi connectivity index (χ1v) is 8.10. The number of methoxy groups -OCH3 is 1. The first-order chi connectivity index (χ1) is 11.7. The molecule has 1 heterocycles. The maximum Gasteiger partial charge on any atom is 0.345 e. The zero-order valence-corrected chi connectivity index (χ0v) is 13.8. The summed E-state index contributed by atoms with van der Waals surface area (Å²) in [6, 6.07) is 17.0. The normalized spacial score (nSPS) is 10.5. The number of hydrogen-bond acceptors (Lipinski definition) is 6. The Kier molecular flexibility index (Phi) is 4.86. The van der Waals surface area contributed by atoms with Crippen LogP contribution in [0.15, 0.2) is 73.6 Å². The molecule has 0 aliphatic heterocycles. The molecule has 0 atom stereocenters. The van der Waals surface area contributed by atoms with Gasteiger partial charge in [0.05, 0.1) is 17.4 Å². The number of benzene rings is 2. The van der Waals surface area contributed by atoms with Crippen molar-refractivity contribution in [3.05, 3.63) is 65.0 Å². The predicted octanol–water partition coefficient (Wildman–Crippen LogP) is 3.53. The van der Waals surface area contributed by atoms with E-state index in [4.69, 9.17) is 4.42 Å². The van der Waals surface area contributed by atoms with E-state index in [0.29, 0.717) is 5.39 Å². The summed E-state index contributed by atoms with van der Waals surface area (Å²) in [5.74, 6) is -0.181. The lowest BCUT2D eigenvalue weighted by Crippen LogP contribution is -2.16. The van der Waals surface area contributed by atoms with Crippen LogP contribution in [0.3, 0.4) is 0 Å². The van der Waals surface area contributed by atoms with Crippen LogP contribution in [0.25, 0.3) is 10.8 Å². The zero-order valence-electron chi connectivity index (χ0n) is 12.9. The van der Waals surface area contributed by atoms with Crippen molar-refractivity contribution in [1.29, 1.82) is 0 Å². The largest absolute Gasteiger partial charge is 0.468 e. The first-order valence-electron chi connectivity index (χ1n) is 7.28. The van der Waals surface area contributed by atoms with Gasteiger partial charge in [-0.05, 0) is 18.2 Å². The Morgan fingerprint density at radius 1 is 1.08 bits per heavy atom. The number of carbonyl (C=O) groups is 1. The van der Waals surface area contributed by atoms with Crippen LogP contribution >= 0.6 is 11.8 Å². The average Bonchev–Trinajstić information content (AvgIpc) is 2.63. The SMILES string of the molecule is COC(=O)CNc1oc(=O)c2ccccc2c1Sc1ccccc1. The van der Waals surface area contributed by atoms with Gasteiger partial charge in [-0.3, -0.25) is 4.79 Å². The van der Waals surface area contributed by atoms with Gasteiger partial charge < -0.3 is 14.5 Å². The van der Waals surface area contributed by atoms with Crippen molar-refractivity contribution >= 4 is 34.4 Å². The van der Waals surface area contributed by atoms with Gasteiger partial charge in [0.1, 0.15) is 6.54 Å². The molecule has 5 nitrogen and oxygen atoms in total. The number of esters is 1. The van der Waals surface area contributed by atoms with E-state index in [1.54, 1.807) is 12.1 Å². The molecule has 2 aromatic carbocycles. The molecule has 0 saturated carbocycles. The van der Waals surface area contributed by atoms with E-state index in [2.05, 4.69) is 10.1 Å². The molecular weight excluding hydrogens is 326 g/mol. The Morgan fingerprint density at radius 2 is 1.75 bits per heavy atom. The number of hydrogen-bond donors (Lipinski definition) is 1. The molecule has 6 heteroatoms. The van der Waals surface area contributed by atoms with Crippen LogP contribution in [-0.4, -0.2) is 19.6 Å². The number of ether oxygens (including phenoxy) is 1. The van der Waals surface area contributed by atoms with Crippen molar-refractivity contribution < 1.29 is 13.9 Å². The average molecular weight is 341 g/mol. The number of nitrogens with one attached hydrogen (secondary N) is 1. The molecule has 0 fully saturated rings. The quantitative estimate of drug-likeness (QED) is 0.716. The maximum absolute atomic E-state index is 12.2. The van der Waals surface area contributed by atoms with Crippen LogP contribution in [0.4, 0.5) is 5.88 Å². The number of carbonyl (C=O) groups excluding carboxylic acids is 1. The van der Waals surface area contributed by atoms with Gasteiger partial charge in [0, 0.05) is 10.3 Å². The molecule has 0 aliphatic rings. The molecule has 3 aromatic rings. The minimum Gasteiger partial charge on any atom is -0.468 e. The van der Waals surface area contributed by atoms with Crippen molar-refractivity contribution in [2.45, 2.75) is 9.79 Å². The fourth-order valence-corrected chi connectivity index (χ4v) is 3.25. The fourth-order valence-electron chi connectivity index (χ4n) is 2.22. The van der Waals surface area contributed by atoms with Gasteiger partial charge in [0.2, 0.25) is 5.88 Å². The topological polar surface area (TPSA) is 68.5 Å². The van der Waals surface area contributed by atoms with E-state index in [1.807, 2.05) is 42.5 Å². The zero-order chi connectivity index (χ0) is 16.9. The lowest BCUT2D eigenvalue weighted by atomic mass is 10.2. The molecule has 1 N–H and O–H groups in total. The second kappa shape index (κ2) is 7.23. The summed E-state index contributed by atoms with van der Waals surface area (Å²) < 4.78 is 10.0. The third-order valence-electron chi connectivity index (χ3n) is 3.38. The standard InChI is InChI=1S/C18H15NO4S/c1-22-15(20)11-19-17-16(24-12-7-3-2-4-8-12)13-9-5-6-10-14(13)18(21)23-17/h2-10,19H,11H2,1H3. The highest BCUT2D eigenvalue weighted by molar-refractivity contribution is 7.99. The third kappa shape index (κ3) is 3.44. The summed E-state index contributed by atoms with van der Waals surface area (Å²) >= 11 is 1.46. The summed E-state index contributed by atoms with van der Waals surface area (Å²) in [5, 5.41) is 4.13. The Morgan fingerprint density at radius 3 is 2.46 bits per heavy atom. The van der Waals surface area contributed by atoms with Gasteiger partial charge in [-0.15, -0.1) is 0 Å². The van der Waals surface area contributed by atoms with E-state index in [9.17, 15) is 9.59 Å². The van der Waals surface area contributed by atoms with Gasteiger partial charge in [-0.25, -0.2) is 4.79 Å². The van der Waals surface area contributed by atoms with Crippen molar-refractivity contribution in [2.75, 3.05) is 19.0 Å². The number of rotatable bonds is 5. The van der Waals surface area contributed by atoms with E-state index < -0.39 is 11.6 Å². The van der Waals surface area contributed by atoms with Crippen LogP contribution in [0.5, 0.6) is 0 Å². The van der Waals surface area contributed by atoms with Crippen molar-refractivity contribution in [3.8, 4) is 0 Å². The molecular formula is C18H15NO4S. The van der Waals surface area contributed by atoms with Crippen LogP contribution in [0, 0.1) is 0 Å². The molecule has 122 valence electrons. The smallest absolute Gasteiger partial charge is 0.345 e. The van der Waals surface area contributed by atoms with Crippen molar-refractivity contribution in [3.63, 3.8) is 0 Å². The lowest BCUT2D eigenvalue weighted by Gasteiger charge is -2.12. The Labute approximate surface area is 142 Å². The van der Waals surface area contributed by atoms with E-state index >= 15 is 0 Å². The predicted molar refractivity (Wildman–Crippen MR) is 93.6 cm³/mol. The highest BCUT2D eigenvalue weighted by atomic mass is 32.2. The van der Waals surface area contributed by atoms with E-state index in [-0.39, 0.29) is 12.4 Å². The van der Waals surface area contributed by atoms with E-state index in [1.165, 1.54) is 18.9 Å². The van der Waals surface area contributed by atoms with Crippen LogP contribution in [0.2, 0.25) is 0 Å². The van der Waals surface area contributed by atoms with Gasteiger partial charge in [-0.2, -0.15) is 0 Å². The van der Waals surface area contributed by atoms with Gasteiger partial charge in [0.25, 0.3) is 0 Å². The van der Waals surface area contributed by atoms with Crippen LogP contribution in [0.1, 0.15) is 0 Å². The molecule has 24 heavy (non-hydrogen) atoms. The molecule has 0 spiro atoms. The van der Waals surface area contributed by atoms with Crippen LogP contribution < -0.4 is 10.9 Å². The lowest BCUT2D eigenvalue weighted by molar-refractivity contribution is -0.138. The molecule has 0 aliphatic carbocycles. The molecule has 0 radical (unpaired) electrons. The summed E-state index contributed by atoms with van der Waals surface area (Å²) in [7, 11) is 1.31. The number of anilines is 1. The Hall–Kier alpha value is -2.73. The molecule has 0 bridgehead atoms. The highest BCUT2D eigenvalue weighted by Crippen LogP contribution is 2.37. The number of fused-ring (bicyclic) bond motifs is 1. The van der Waals surface area contributed by atoms with Gasteiger partial charge >= 0.3 is 11.6 Å². The minimum absolute atomic E-state index is 0.0832. The molecule has 0 amide bonds. The third-order valence-corrected chi connectivity index (χ3v) is 4.49. The second-order valence-electron chi connectivity index (χ2n) is 4.94. The molecule has 1 aromatic heterocycles. The maximum atomic E-state index is 12.2. The first kappa shape index (κ1) is 16.1. The van der Waals surface area contributed by atoms with Crippen LogP contribution in [-0.2, 0) is 9.53 Å². The minimum atomic E-state index is -0.449. The molecule has 0 unspecified atom stereocenters. The summed E-state index contributed by atoms with van der Waals surface area (Å²) in [6.07, 6.45) is 0. The summed E-state index contributed by atoms with van der Waals surface area (Å²) in [5.41, 5.74) is -0.449. The van der Waals surface area contributed by atoms with Gasteiger partial charge in [-0.1, -0.05) is 48.2 Å². The monoisotopic (exact) mass is 341 g/mol. The van der Waals surface area contributed by atoms with E-state index in [0.717, 1.165) is 15.2 Å². The molecule has 0 saturated heterocycles. The summed E-state index contributed by atoms with van der Waals surface area (Å²) in [6.45, 7) is -0.0832. The Bertz CT molecular complexity index is 921. The highest BCUT2D eigenvalue weighted by Gasteiger charge is 2.16. The molecule has 3 rings (SSSR count). The Balaban J connectivity index is 2.09. The van der Waals surface area contributed by atoms with Gasteiger partial charge in [0.15, 0.2) is 0 Å².